The van der Waals surface area contributed by atoms with Crippen molar-refractivity contribution in [3.05, 3.63) is 179 Å². The quantitative estimate of drug-likeness (QED) is 0.0605. The number of aliphatic imine (C=N–C) groups is 1. The second kappa shape index (κ2) is 34.6. The minimum absolute atomic E-state index is 0.00758. The number of nitrogens with zero attached hydrogens (tertiary/aromatic N) is 10. The van der Waals surface area contributed by atoms with Gasteiger partial charge in [0, 0.05) is 100 Å². The van der Waals surface area contributed by atoms with Gasteiger partial charge >= 0.3 is 122 Å². The Morgan fingerprint density at radius 2 is 1.07 bits per heavy atom. The molecule has 0 aliphatic carbocycles. The first-order valence-corrected chi connectivity index (χ1v) is 43.6. The Hall–Kier alpha value is -7.34. The molecule has 0 atom stereocenters. The smallest absolute Gasteiger partial charge is 0.248 e. The van der Waals surface area contributed by atoms with Crippen molar-refractivity contribution in [3.8, 4) is 22.5 Å². The van der Waals surface area contributed by atoms with Crippen LogP contribution in [0, 0.1) is 3.57 Å². The predicted molar refractivity (Wildman–Crippen MR) is 387 cm³/mol. The third-order valence-electron chi connectivity index (χ3n) is 17.3. The summed E-state index contributed by atoms with van der Waals surface area (Å²) in [6, 6.07) is 18.1. The molecule has 0 fully saturated rings. The molecule has 0 spiro atoms. The van der Waals surface area contributed by atoms with Gasteiger partial charge in [-0.15, -0.1) is 22.7 Å². The molecule has 8 aromatic rings. The second-order valence-electron chi connectivity index (χ2n) is 23.4. The molecule has 20 nitrogen and oxygen atoms in total. The molecular weight excluding hydrogens is 1480 g/mol. The molecule has 6 aliphatic heterocycles. The first kappa shape index (κ1) is 70.5. The van der Waals surface area contributed by atoms with Crippen LogP contribution in [0.4, 0.5) is 0 Å². The molecule has 3 aromatic carbocycles. The minimum Gasteiger partial charge on any atom is -0.378 e. The van der Waals surface area contributed by atoms with Crippen LogP contribution in [0.25, 0.3) is 39.6 Å². The molecule has 0 radical (unpaired) electrons. The van der Waals surface area contributed by atoms with E-state index < -0.39 is 18.4 Å². The molecule has 0 saturated carbocycles. The number of halogens is 1. The monoisotopic (exact) mass is 1560 g/mol. The third kappa shape index (κ3) is 17.5. The van der Waals surface area contributed by atoms with Crippen LogP contribution >= 0.6 is 56.6 Å². The molecule has 11 heterocycles. The van der Waals surface area contributed by atoms with E-state index in [0.29, 0.717) is 44.4 Å². The summed E-state index contributed by atoms with van der Waals surface area (Å²) in [6.45, 7) is 10.2. The molecule has 95 heavy (non-hydrogen) atoms. The Morgan fingerprint density at radius 1 is 0.579 bits per heavy atom. The van der Waals surface area contributed by atoms with Crippen LogP contribution in [0.1, 0.15) is 104 Å². The van der Waals surface area contributed by atoms with E-state index in [9.17, 15) is 24.0 Å². The van der Waals surface area contributed by atoms with Crippen molar-refractivity contribution in [2.75, 3.05) is 53.5 Å². The average molecular weight is 1560 g/mol. The van der Waals surface area contributed by atoms with Crippen LogP contribution in [0.2, 0.25) is 13.3 Å². The summed E-state index contributed by atoms with van der Waals surface area (Å²) in [5, 5.41) is 11.7. The molecule has 496 valence electrons. The molecule has 5 aromatic heterocycles. The van der Waals surface area contributed by atoms with Crippen LogP contribution in [-0.2, 0) is 65.9 Å². The number of thiazole rings is 3. The Balaban J connectivity index is 0.000000135. The van der Waals surface area contributed by atoms with E-state index in [1.165, 1.54) is 78.7 Å². The van der Waals surface area contributed by atoms with Gasteiger partial charge in [-0.05, 0) is 64.6 Å². The summed E-state index contributed by atoms with van der Waals surface area (Å²) in [5.74, 6) is 0.162. The van der Waals surface area contributed by atoms with E-state index in [-0.39, 0.29) is 49.2 Å². The predicted octanol–water partition coefficient (Wildman–Crippen LogP) is 11.4. The van der Waals surface area contributed by atoms with Gasteiger partial charge in [-0.25, -0.2) is 19.9 Å². The number of aromatic amines is 1. The standard InChI is InChI=1S/C21H19N5O2S.C16H13N3O2S.C13H11IN2O2.C5H8N2O.3C4H9.C3H2NS.Sn/c1-28-10-14-9-25(12-23-14)20-7-19-17-4-2-3-16(18-11-29-13-24-18)15(17)5-6-26(19)21(27)8-22-20;20-15-6-14-12-3-1-2-11(13-8-22-9-18-13)10(12)4-5-19(14)16(21)7-17-15;14-10-3-1-2-9-8(10)4-5-16-11(9)6-12(17)15-7-13(16)18;1-8-3-5-2-6-4-7-5;3*1-3-4-2;1-2-5-3-4-1;/h2-4,7,9,11-13H,5-6,8,10H2,1H3;1-3,6,8-9H,4-5,7H2,(H,17,20);1-3,6H,4-5,7H2,(H,15,17);2,4H,3H2,1H3,(H,6,7);3*1,3-4H2,2H3;2-3H;. The number of benzene rings is 3. The normalized spacial score (nSPS) is 15.5. The molecule has 6 aliphatic rings. The number of allylic oxidation sites excluding steroid dienone is 1. The molecule has 14 rings (SSSR count). The minimum atomic E-state index is -2.13. The topological polar surface area (TPSA) is 235 Å². The van der Waals surface area contributed by atoms with Crippen LogP contribution in [0.15, 0.2) is 136 Å². The zero-order valence-electron chi connectivity index (χ0n) is 54.3. The summed E-state index contributed by atoms with van der Waals surface area (Å²) in [7, 11) is 3.29. The van der Waals surface area contributed by atoms with Crippen LogP contribution < -0.4 is 14.3 Å². The summed E-state index contributed by atoms with van der Waals surface area (Å²) in [4.78, 5) is 94.8. The number of methoxy groups -OCH3 is 2. The van der Waals surface area contributed by atoms with Crippen LogP contribution in [-0.4, -0.2) is 156 Å². The molecule has 5 amide bonds. The van der Waals surface area contributed by atoms with Gasteiger partial charge in [0.25, 0.3) is 0 Å². The van der Waals surface area contributed by atoms with Gasteiger partial charge in [-0.3, -0.25) is 33.5 Å². The number of nitrogens with one attached hydrogen (secondary N) is 3. The van der Waals surface area contributed by atoms with E-state index in [1.54, 1.807) is 69.3 Å². The number of imidazole rings is 2. The van der Waals surface area contributed by atoms with Gasteiger partial charge in [0.05, 0.1) is 89.7 Å². The summed E-state index contributed by atoms with van der Waals surface area (Å²) < 4.78 is 19.2. The molecule has 0 saturated heterocycles. The molecule has 25 heteroatoms. The SMILES string of the molecule is CCC[CH2][Sn]([CH2]CCC)([CH2]CCC)[c]1cscn1.COCc1cn(C2=NCC(=O)N3CCc4c(cccc4-c4cscn4)C3=C2)cn1.COCc1cnc[nH]1.O=C1C=C2c3cccc(-c4cscn4)c3CCN2C(=O)CN1.O=C1C=C2c3cccc(I)c3CCN2C(=O)CN1. The van der Waals surface area contributed by atoms with Gasteiger partial charge in [-0.2, -0.15) is 0 Å². The molecule has 0 unspecified atom stereocenters. The number of hydrogen-bond donors (Lipinski definition) is 3. The number of H-pyrrole nitrogens is 1. The van der Waals surface area contributed by atoms with E-state index in [2.05, 4.69) is 112 Å². The zero-order valence-corrected chi connectivity index (χ0v) is 61.7. The van der Waals surface area contributed by atoms with Crippen molar-refractivity contribution >= 4 is 131 Å². The van der Waals surface area contributed by atoms with Gasteiger partial charge in [0.2, 0.25) is 29.5 Å². The number of amides is 5. The fourth-order valence-corrected chi connectivity index (χ4v) is 32.2. The largest absolute Gasteiger partial charge is 0.378 e. The van der Waals surface area contributed by atoms with Crippen LogP contribution in [0.3, 0.4) is 0 Å². The number of aromatic nitrogens is 7. The Bertz CT molecular complexity index is 4030. The fourth-order valence-electron chi connectivity index (χ4n) is 12.6. The molecule has 0 bridgehead atoms. The number of carbonyl (C=O) groups excluding carboxylic acids is 5. The summed E-state index contributed by atoms with van der Waals surface area (Å²) >= 11 is 5.11. The first-order chi connectivity index (χ1) is 46.4. The van der Waals surface area contributed by atoms with Crippen LogP contribution in [0.5, 0.6) is 0 Å². The second-order valence-corrected chi connectivity index (χ2v) is 39.8. The molecule has 3 N–H and O–H groups in total. The van der Waals surface area contributed by atoms with Crippen molar-refractivity contribution in [2.24, 2.45) is 4.99 Å². The number of ether oxygens (including phenoxy) is 2. The third-order valence-corrected chi connectivity index (χ3v) is 35.8. The molecular formula is C70H80IN13O7S3Sn. The Kier molecular flexibility index (Phi) is 25.6. The maximum Gasteiger partial charge on any atom is 0.248 e. The summed E-state index contributed by atoms with van der Waals surface area (Å²) in [6.07, 6.45) is 22.7. The Labute approximate surface area is 584 Å². The van der Waals surface area contributed by atoms with Crippen molar-refractivity contribution in [1.29, 1.82) is 0 Å². The summed E-state index contributed by atoms with van der Waals surface area (Å²) in [5.41, 5.74) is 20.6. The maximum atomic E-state index is 12.8. The number of carbonyl (C=O) groups is 5. The van der Waals surface area contributed by atoms with E-state index >= 15 is 0 Å². The van der Waals surface area contributed by atoms with Crippen molar-refractivity contribution in [2.45, 2.75) is 105 Å². The number of fused-ring (bicyclic) bond motifs is 9. The number of rotatable bonds is 16. The van der Waals surface area contributed by atoms with Gasteiger partial charge < -0.3 is 39.8 Å². The first-order valence-electron chi connectivity index (χ1n) is 32.2. The van der Waals surface area contributed by atoms with Gasteiger partial charge in [0.1, 0.15) is 18.7 Å². The van der Waals surface area contributed by atoms with E-state index in [0.717, 1.165) is 86.8 Å². The van der Waals surface area contributed by atoms with Gasteiger partial charge in [-0.1, -0.05) is 48.5 Å². The fraction of sp³-hybridized carbons (Fsp3) is 0.357. The average Bonchev–Trinajstić information content (AvgIpc) is 1.78. The van der Waals surface area contributed by atoms with E-state index in [4.69, 9.17) is 14.5 Å². The van der Waals surface area contributed by atoms with Crippen molar-refractivity contribution in [1.82, 2.24) is 59.8 Å². The van der Waals surface area contributed by atoms with Gasteiger partial charge in [0.15, 0.2) is 0 Å². The van der Waals surface area contributed by atoms with Crippen molar-refractivity contribution < 1.29 is 33.4 Å². The number of unbranched alkanes of at least 4 members (excludes halogenated alkanes) is 3. The zero-order chi connectivity index (χ0) is 66.7. The maximum absolute atomic E-state index is 12.8. The Morgan fingerprint density at radius 3 is 1.57 bits per heavy atom. The van der Waals surface area contributed by atoms with E-state index in [1.807, 2.05) is 91.9 Å². The number of hydrogen-bond acceptors (Lipinski definition) is 16. The van der Waals surface area contributed by atoms with Crippen molar-refractivity contribution in [3.63, 3.8) is 0 Å².